The second kappa shape index (κ2) is 5.19. The van der Waals surface area contributed by atoms with Crippen LogP contribution in [0.5, 0.6) is 0 Å². The lowest BCUT2D eigenvalue weighted by molar-refractivity contribution is -0.154. The summed E-state index contributed by atoms with van der Waals surface area (Å²) in [6.45, 7) is 7.27. The lowest BCUT2D eigenvalue weighted by Crippen LogP contribution is -2.23. The first kappa shape index (κ1) is 15.0. The molecule has 108 valence electrons. The molecule has 0 bridgehead atoms. The summed E-state index contributed by atoms with van der Waals surface area (Å²) in [4.78, 5) is 31.2. The van der Waals surface area contributed by atoms with E-state index < -0.39 is 5.41 Å². The van der Waals surface area contributed by atoms with Gasteiger partial charge in [-0.1, -0.05) is 0 Å². The third kappa shape index (κ3) is 2.72. The fourth-order valence-electron chi connectivity index (χ4n) is 1.78. The zero-order chi connectivity index (χ0) is 15.1. The van der Waals surface area contributed by atoms with Gasteiger partial charge in [0.1, 0.15) is 18.6 Å². The van der Waals surface area contributed by atoms with E-state index in [1.54, 1.807) is 20.8 Å². The molecule has 2 aromatic heterocycles. The minimum atomic E-state index is -0.568. The molecular formula is C13H16IN3O3. The van der Waals surface area contributed by atoms with Gasteiger partial charge in [0, 0.05) is 11.3 Å². The Balaban J connectivity index is 2.40. The minimum Gasteiger partial charge on any atom is -0.460 e. The van der Waals surface area contributed by atoms with Crippen molar-refractivity contribution >= 4 is 39.9 Å². The van der Waals surface area contributed by atoms with E-state index in [1.807, 2.05) is 29.8 Å². The molecule has 0 unspecified atom stereocenters. The van der Waals surface area contributed by atoms with Crippen molar-refractivity contribution in [3.05, 3.63) is 27.9 Å². The standard InChI is InChI=1S/C13H16IN3O3/c1-7-8(5-20-12(19)13(2,3)4)9-10(16-7)15-6-17(14)11(9)18/h6,16H,5H2,1-4H3. The normalized spacial score (nSPS) is 11.8. The summed E-state index contributed by atoms with van der Waals surface area (Å²) >= 11 is 1.87. The molecule has 7 heteroatoms. The van der Waals surface area contributed by atoms with Crippen LogP contribution in [0.3, 0.4) is 0 Å². The third-order valence-corrected chi connectivity index (χ3v) is 3.64. The SMILES string of the molecule is Cc1[nH]c2ncn(I)c(=O)c2c1COC(=O)C(C)(C)C. The zero-order valence-corrected chi connectivity index (χ0v) is 13.9. The number of hydrogen-bond donors (Lipinski definition) is 1. The van der Waals surface area contributed by atoms with Crippen LogP contribution in [-0.4, -0.2) is 18.7 Å². The quantitative estimate of drug-likeness (QED) is 0.632. The van der Waals surface area contributed by atoms with Crippen molar-refractivity contribution in [2.75, 3.05) is 0 Å². The van der Waals surface area contributed by atoms with Crippen molar-refractivity contribution in [1.82, 2.24) is 12.7 Å². The summed E-state index contributed by atoms with van der Waals surface area (Å²) in [5, 5.41) is 0.473. The highest BCUT2D eigenvalue weighted by molar-refractivity contribution is 14.1. The van der Waals surface area contributed by atoms with Gasteiger partial charge in [-0.15, -0.1) is 0 Å². The number of ether oxygens (including phenoxy) is 1. The minimum absolute atomic E-state index is 0.0690. The highest BCUT2D eigenvalue weighted by Crippen LogP contribution is 2.21. The van der Waals surface area contributed by atoms with Gasteiger partial charge in [0.15, 0.2) is 0 Å². The molecule has 0 amide bonds. The molecule has 0 radical (unpaired) electrons. The van der Waals surface area contributed by atoms with Crippen molar-refractivity contribution < 1.29 is 9.53 Å². The van der Waals surface area contributed by atoms with E-state index in [4.69, 9.17) is 4.74 Å². The first-order chi connectivity index (χ1) is 9.21. The molecule has 20 heavy (non-hydrogen) atoms. The van der Waals surface area contributed by atoms with Crippen LogP contribution >= 0.6 is 22.9 Å². The highest BCUT2D eigenvalue weighted by atomic mass is 127. The van der Waals surface area contributed by atoms with Gasteiger partial charge < -0.3 is 9.72 Å². The summed E-state index contributed by atoms with van der Waals surface area (Å²) in [5.74, 6) is -0.301. The smallest absolute Gasteiger partial charge is 0.311 e. The molecule has 0 spiro atoms. The summed E-state index contributed by atoms with van der Waals surface area (Å²) in [6.07, 6.45) is 1.45. The number of esters is 1. The van der Waals surface area contributed by atoms with Crippen LogP contribution in [-0.2, 0) is 16.1 Å². The molecule has 2 heterocycles. The molecule has 0 aromatic carbocycles. The lowest BCUT2D eigenvalue weighted by Gasteiger charge is -2.16. The van der Waals surface area contributed by atoms with Gasteiger partial charge in [0.2, 0.25) is 0 Å². The number of aromatic nitrogens is 3. The van der Waals surface area contributed by atoms with Crippen LogP contribution in [0, 0.1) is 12.3 Å². The Morgan fingerprint density at radius 3 is 2.75 bits per heavy atom. The zero-order valence-electron chi connectivity index (χ0n) is 11.8. The molecule has 2 rings (SSSR count). The van der Waals surface area contributed by atoms with E-state index >= 15 is 0 Å². The number of aromatic amines is 1. The van der Waals surface area contributed by atoms with Crippen LogP contribution in [0.1, 0.15) is 32.0 Å². The summed E-state index contributed by atoms with van der Waals surface area (Å²) < 4.78 is 6.67. The maximum absolute atomic E-state index is 12.2. The molecule has 0 fully saturated rings. The molecular weight excluding hydrogens is 373 g/mol. The van der Waals surface area contributed by atoms with Gasteiger partial charge in [0.05, 0.1) is 33.7 Å². The molecule has 0 saturated heterocycles. The molecule has 6 nitrogen and oxygen atoms in total. The number of carbonyl (C=O) groups is 1. The predicted octanol–water partition coefficient (Wildman–Crippen LogP) is 2.32. The second-order valence-corrected chi connectivity index (χ2v) is 6.68. The summed E-state index contributed by atoms with van der Waals surface area (Å²) in [5.41, 5.74) is 1.25. The van der Waals surface area contributed by atoms with Crippen molar-refractivity contribution in [1.29, 1.82) is 0 Å². The number of nitrogens with zero attached hydrogens (tertiary/aromatic N) is 2. The van der Waals surface area contributed by atoms with E-state index in [0.717, 1.165) is 5.69 Å². The van der Waals surface area contributed by atoms with Crippen LogP contribution in [0.2, 0.25) is 0 Å². The monoisotopic (exact) mass is 389 g/mol. The van der Waals surface area contributed by atoms with Crippen LogP contribution in [0.25, 0.3) is 11.0 Å². The maximum atomic E-state index is 12.2. The average Bonchev–Trinajstić information content (AvgIpc) is 2.66. The van der Waals surface area contributed by atoms with E-state index in [2.05, 4.69) is 9.97 Å². The Morgan fingerprint density at radius 2 is 2.15 bits per heavy atom. The average molecular weight is 389 g/mol. The third-order valence-electron chi connectivity index (χ3n) is 2.95. The second-order valence-electron chi connectivity index (χ2n) is 5.64. The van der Waals surface area contributed by atoms with Crippen molar-refractivity contribution in [3.63, 3.8) is 0 Å². The fraction of sp³-hybridized carbons (Fsp3) is 0.462. The highest BCUT2D eigenvalue weighted by Gasteiger charge is 2.24. The van der Waals surface area contributed by atoms with Crippen molar-refractivity contribution in [2.24, 2.45) is 5.41 Å². The van der Waals surface area contributed by atoms with E-state index in [-0.39, 0.29) is 18.1 Å². The van der Waals surface area contributed by atoms with Crippen molar-refractivity contribution in [3.8, 4) is 0 Å². The summed E-state index contributed by atoms with van der Waals surface area (Å²) in [7, 11) is 0. The number of aryl methyl sites for hydroxylation is 1. The Bertz CT molecular complexity index is 725. The van der Waals surface area contributed by atoms with Gasteiger partial charge in [-0.05, 0) is 27.7 Å². The largest absolute Gasteiger partial charge is 0.460 e. The molecule has 2 aromatic rings. The number of fused-ring (bicyclic) bond motifs is 1. The van der Waals surface area contributed by atoms with Gasteiger partial charge in [-0.25, -0.2) is 7.76 Å². The molecule has 0 aliphatic rings. The van der Waals surface area contributed by atoms with E-state index in [0.29, 0.717) is 16.6 Å². The number of nitrogens with one attached hydrogen (secondary N) is 1. The Kier molecular flexibility index (Phi) is 3.90. The van der Waals surface area contributed by atoms with Gasteiger partial charge in [-0.2, -0.15) is 0 Å². The first-order valence-corrected chi connectivity index (χ1v) is 7.10. The molecule has 0 aliphatic carbocycles. The van der Waals surface area contributed by atoms with E-state index in [1.165, 1.54) is 9.11 Å². The number of hydrogen-bond acceptors (Lipinski definition) is 4. The molecule has 0 aliphatic heterocycles. The molecule has 0 saturated carbocycles. The van der Waals surface area contributed by atoms with Crippen LogP contribution in [0.15, 0.2) is 11.1 Å². The Morgan fingerprint density at radius 1 is 1.50 bits per heavy atom. The predicted molar refractivity (Wildman–Crippen MR) is 83.8 cm³/mol. The van der Waals surface area contributed by atoms with Gasteiger partial charge >= 0.3 is 5.97 Å². The fourth-order valence-corrected chi connectivity index (χ4v) is 2.14. The maximum Gasteiger partial charge on any atom is 0.311 e. The van der Waals surface area contributed by atoms with Crippen LogP contribution < -0.4 is 5.56 Å². The Hall–Kier alpha value is -1.38. The molecule has 1 N–H and O–H groups in total. The number of carbonyl (C=O) groups excluding carboxylic acids is 1. The summed E-state index contributed by atoms with van der Waals surface area (Å²) in [6, 6.07) is 0. The lowest BCUT2D eigenvalue weighted by atomic mass is 9.97. The Labute approximate surface area is 130 Å². The van der Waals surface area contributed by atoms with Crippen LogP contribution in [0.4, 0.5) is 0 Å². The van der Waals surface area contributed by atoms with Crippen molar-refractivity contribution in [2.45, 2.75) is 34.3 Å². The van der Waals surface area contributed by atoms with Gasteiger partial charge in [-0.3, -0.25) is 9.59 Å². The number of rotatable bonds is 2. The molecule has 0 atom stereocenters. The first-order valence-electron chi connectivity index (χ1n) is 6.14. The van der Waals surface area contributed by atoms with Gasteiger partial charge in [0.25, 0.3) is 5.56 Å². The topological polar surface area (TPSA) is 77.0 Å². The van der Waals surface area contributed by atoms with E-state index in [9.17, 15) is 9.59 Å². The number of H-pyrrole nitrogens is 1. The number of halogens is 1.